The third-order valence-electron chi connectivity index (χ3n) is 4.83. The second-order valence-corrected chi connectivity index (χ2v) is 7.55. The molecule has 31 heavy (non-hydrogen) atoms. The fraction of sp³-hybridized carbons (Fsp3) is 0.167. The SMILES string of the molecule is CC(=O)Nc1ccc(NC(=O)c2cc(-c3ccccc3)nc3c2cnn3C(C)C)cc1. The fourth-order valence-corrected chi connectivity index (χ4v) is 3.38. The van der Waals surface area contributed by atoms with E-state index in [1.54, 1.807) is 36.5 Å². The van der Waals surface area contributed by atoms with Crippen LogP contribution in [-0.2, 0) is 4.79 Å². The molecular weight excluding hydrogens is 390 g/mol. The molecule has 0 spiro atoms. The zero-order valence-electron chi connectivity index (χ0n) is 17.6. The van der Waals surface area contributed by atoms with Gasteiger partial charge >= 0.3 is 0 Å². The number of rotatable bonds is 5. The van der Waals surface area contributed by atoms with Crippen LogP contribution >= 0.6 is 0 Å². The van der Waals surface area contributed by atoms with E-state index in [1.165, 1.54) is 6.92 Å². The molecule has 0 aliphatic heterocycles. The summed E-state index contributed by atoms with van der Waals surface area (Å²) < 4.78 is 1.82. The number of nitrogens with one attached hydrogen (secondary N) is 2. The first-order chi connectivity index (χ1) is 14.9. The van der Waals surface area contributed by atoms with Gasteiger partial charge in [0.25, 0.3) is 5.91 Å². The molecule has 7 nitrogen and oxygen atoms in total. The number of nitrogens with zero attached hydrogens (tertiary/aromatic N) is 3. The van der Waals surface area contributed by atoms with Gasteiger partial charge in [-0.25, -0.2) is 9.67 Å². The first-order valence-electron chi connectivity index (χ1n) is 10.0. The van der Waals surface area contributed by atoms with Gasteiger partial charge in [-0.3, -0.25) is 9.59 Å². The van der Waals surface area contributed by atoms with Crippen molar-refractivity contribution in [3.63, 3.8) is 0 Å². The summed E-state index contributed by atoms with van der Waals surface area (Å²) in [6.07, 6.45) is 1.69. The Labute approximate surface area is 180 Å². The minimum absolute atomic E-state index is 0.105. The summed E-state index contributed by atoms with van der Waals surface area (Å²) in [6, 6.07) is 18.6. The van der Waals surface area contributed by atoms with Gasteiger partial charge in [0, 0.05) is 29.9 Å². The van der Waals surface area contributed by atoms with Gasteiger partial charge in [-0.05, 0) is 44.2 Å². The van der Waals surface area contributed by atoms with Gasteiger partial charge in [-0.1, -0.05) is 30.3 Å². The number of aromatic nitrogens is 3. The van der Waals surface area contributed by atoms with E-state index in [0.717, 1.165) is 5.56 Å². The van der Waals surface area contributed by atoms with Gasteiger partial charge in [0.15, 0.2) is 5.65 Å². The average Bonchev–Trinajstić information content (AvgIpc) is 3.19. The van der Waals surface area contributed by atoms with E-state index in [-0.39, 0.29) is 17.9 Å². The third-order valence-corrected chi connectivity index (χ3v) is 4.83. The first-order valence-corrected chi connectivity index (χ1v) is 10.0. The lowest BCUT2D eigenvalue weighted by atomic mass is 10.1. The number of fused-ring (bicyclic) bond motifs is 1. The number of carbonyl (C=O) groups is 2. The van der Waals surface area contributed by atoms with E-state index in [9.17, 15) is 9.59 Å². The van der Waals surface area contributed by atoms with Crippen LogP contribution in [0.5, 0.6) is 0 Å². The second-order valence-electron chi connectivity index (χ2n) is 7.55. The molecular formula is C24H23N5O2. The zero-order valence-corrected chi connectivity index (χ0v) is 17.6. The standard InChI is InChI=1S/C24H23N5O2/c1-15(2)29-23-21(14-25-29)20(13-22(28-23)17-7-5-4-6-8-17)24(31)27-19-11-9-18(10-12-19)26-16(3)30/h4-15H,1-3H3,(H,26,30)(H,27,31). The van der Waals surface area contributed by atoms with Crippen molar-refractivity contribution in [3.8, 4) is 11.3 Å². The lowest BCUT2D eigenvalue weighted by Gasteiger charge is -2.11. The molecule has 2 amide bonds. The number of benzene rings is 2. The summed E-state index contributed by atoms with van der Waals surface area (Å²) >= 11 is 0. The van der Waals surface area contributed by atoms with Gasteiger partial charge in [-0.2, -0.15) is 5.10 Å². The van der Waals surface area contributed by atoms with Crippen LogP contribution in [0.25, 0.3) is 22.3 Å². The number of amides is 2. The highest BCUT2D eigenvalue weighted by molar-refractivity contribution is 6.12. The molecule has 0 radical (unpaired) electrons. The van der Waals surface area contributed by atoms with Crippen molar-refractivity contribution in [3.05, 3.63) is 72.4 Å². The third kappa shape index (κ3) is 4.30. The Balaban J connectivity index is 1.73. The summed E-state index contributed by atoms with van der Waals surface area (Å²) in [5.41, 5.74) is 4.10. The van der Waals surface area contributed by atoms with Gasteiger partial charge in [0.05, 0.1) is 22.8 Å². The highest BCUT2D eigenvalue weighted by atomic mass is 16.2. The van der Waals surface area contributed by atoms with Crippen LogP contribution in [0.3, 0.4) is 0 Å². The van der Waals surface area contributed by atoms with Gasteiger partial charge in [0.1, 0.15) is 0 Å². The van der Waals surface area contributed by atoms with Crippen molar-refractivity contribution in [1.29, 1.82) is 0 Å². The van der Waals surface area contributed by atoms with Crippen molar-refractivity contribution in [2.45, 2.75) is 26.8 Å². The van der Waals surface area contributed by atoms with Gasteiger partial charge < -0.3 is 10.6 Å². The summed E-state index contributed by atoms with van der Waals surface area (Å²) in [7, 11) is 0. The van der Waals surface area contributed by atoms with E-state index < -0.39 is 0 Å². The normalized spacial score (nSPS) is 11.0. The Hall–Kier alpha value is -4.00. The minimum Gasteiger partial charge on any atom is -0.326 e. The molecule has 0 saturated carbocycles. The fourth-order valence-electron chi connectivity index (χ4n) is 3.38. The molecule has 0 saturated heterocycles. The molecule has 2 aromatic heterocycles. The van der Waals surface area contributed by atoms with Crippen molar-refractivity contribution in [2.24, 2.45) is 0 Å². The summed E-state index contributed by atoms with van der Waals surface area (Å²) in [4.78, 5) is 29.2. The van der Waals surface area contributed by atoms with Crippen LogP contribution in [0.2, 0.25) is 0 Å². The van der Waals surface area contributed by atoms with E-state index in [4.69, 9.17) is 4.98 Å². The lowest BCUT2D eigenvalue weighted by Crippen LogP contribution is -2.13. The summed E-state index contributed by atoms with van der Waals surface area (Å²) in [6.45, 7) is 5.51. The van der Waals surface area contributed by atoms with Gasteiger partial charge in [-0.15, -0.1) is 0 Å². The number of pyridine rings is 1. The molecule has 0 fully saturated rings. The van der Waals surface area contributed by atoms with E-state index in [2.05, 4.69) is 15.7 Å². The van der Waals surface area contributed by atoms with Crippen LogP contribution in [0, 0.1) is 0 Å². The molecule has 2 N–H and O–H groups in total. The maximum Gasteiger partial charge on any atom is 0.256 e. The molecule has 0 aliphatic carbocycles. The van der Waals surface area contributed by atoms with Crippen LogP contribution in [-0.4, -0.2) is 26.6 Å². The van der Waals surface area contributed by atoms with Crippen molar-refractivity contribution < 1.29 is 9.59 Å². The maximum atomic E-state index is 13.2. The quantitative estimate of drug-likeness (QED) is 0.487. The second kappa shape index (κ2) is 8.39. The molecule has 0 bridgehead atoms. The molecule has 2 aromatic carbocycles. The van der Waals surface area contributed by atoms with Crippen LogP contribution in [0.4, 0.5) is 11.4 Å². The maximum absolute atomic E-state index is 13.2. The number of carbonyl (C=O) groups excluding carboxylic acids is 2. The predicted octanol–water partition coefficient (Wildman–Crippen LogP) is 4.89. The van der Waals surface area contributed by atoms with Crippen molar-refractivity contribution in [2.75, 3.05) is 10.6 Å². The van der Waals surface area contributed by atoms with Crippen molar-refractivity contribution in [1.82, 2.24) is 14.8 Å². The smallest absolute Gasteiger partial charge is 0.256 e. The largest absolute Gasteiger partial charge is 0.326 e. The van der Waals surface area contributed by atoms with Gasteiger partial charge in [0.2, 0.25) is 5.91 Å². The number of hydrogen-bond acceptors (Lipinski definition) is 4. The topological polar surface area (TPSA) is 88.9 Å². The molecule has 0 atom stereocenters. The summed E-state index contributed by atoms with van der Waals surface area (Å²) in [5, 5.41) is 10.8. The molecule has 7 heteroatoms. The van der Waals surface area contributed by atoms with E-state index in [0.29, 0.717) is 33.7 Å². The monoisotopic (exact) mass is 413 g/mol. The summed E-state index contributed by atoms with van der Waals surface area (Å²) in [5.74, 6) is -0.397. The van der Waals surface area contributed by atoms with Crippen LogP contribution in [0.1, 0.15) is 37.2 Å². The Bertz CT molecular complexity index is 1240. The number of hydrogen-bond donors (Lipinski definition) is 2. The molecule has 0 unspecified atom stereocenters. The Kier molecular flexibility index (Phi) is 5.49. The highest BCUT2D eigenvalue weighted by Crippen LogP contribution is 2.27. The highest BCUT2D eigenvalue weighted by Gasteiger charge is 2.18. The Morgan fingerprint density at radius 1 is 0.935 bits per heavy atom. The molecule has 156 valence electrons. The van der Waals surface area contributed by atoms with Crippen molar-refractivity contribution >= 4 is 34.2 Å². The molecule has 4 rings (SSSR count). The van der Waals surface area contributed by atoms with Crippen LogP contribution < -0.4 is 10.6 Å². The van der Waals surface area contributed by atoms with E-state index in [1.807, 2.05) is 48.9 Å². The predicted molar refractivity (Wildman–Crippen MR) is 122 cm³/mol. The minimum atomic E-state index is -0.250. The average molecular weight is 413 g/mol. The molecule has 4 aromatic rings. The van der Waals surface area contributed by atoms with Crippen LogP contribution in [0.15, 0.2) is 66.9 Å². The Morgan fingerprint density at radius 2 is 1.58 bits per heavy atom. The number of anilines is 2. The molecule has 2 heterocycles. The zero-order chi connectivity index (χ0) is 22.0. The molecule has 0 aliphatic rings. The lowest BCUT2D eigenvalue weighted by molar-refractivity contribution is -0.114. The van der Waals surface area contributed by atoms with E-state index >= 15 is 0 Å². The first kappa shape index (κ1) is 20.3. The Morgan fingerprint density at radius 3 is 2.19 bits per heavy atom.